The molecular formula is C20H18N2O6S. The lowest BCUT2D eigenvalue weighted by Crippen LogP contribution is -2.52. The van der Waals surface area contributed by atoms with Crippen molar-refractivity contribution >= 4 is 27.8 Å². The Bertz CT molecular complexity index is 1130. The molecule has 0 unspecified atom stereocenters. The third kappa shape index (κ3) is 3.07. The van der Waals surface area contributed by atoms with Gasteiger partial charge in [0.1, 0.15) is 17.5 Å². The average molecular weight is 414 g/mol. The number of hydrogen-bond donors (Lipinski definition) is 0. The summed E-state index contributed by atoms with van der Waals surface area (Å²) < 4.78 is 30.9. The van der Waals surface area contributed by atoms with Crippen LogP contribution < -0.4 is 0 Å². The van der Waals surface area contributed by atoms with Gasteiger partial charge < -0.3 is 9.64 Å². The second kappa shape index (κ2) is 7.00. The summed E-state index contributed by atoms with van der Waals surface area (Å²) in [7, 11) is -2.88. The van der Waals surface area contributed by atoms with Gasteiger partial charge in [0.2, 0.25) is 5.91 Å². The number of sulfonamides is 1. The molecular weight excluding hydrogens is 396 g/mol. The third-order valence-corrected chi connectivity index (χ3v) is 7.02. The van der Waals surface area contributed by atoms with Crippen LogP contribution >= 0.6 is 0 Å². The summed E-state index contributed by atoms with van der Waals surface area (Å²) in [5, 5.41) is 0. The van der Waals surface area contributed by atoms with Gasteiger partial charge in [-0.25, -0.2) is 17.5 Å². The fourth-order valence-corrected chi connectivity index (χ4v) is 5.25. The van der Waals surface area contributed by atoms with Crippen LogP contribution in [0.4, 0.5) is 0 Å². The van der Waals surface area contributed by atoms with Crippen LogP contribution in [-0.2, 0) is 37.3 Å². The number of methoxy groups -OCH3 is 1. The predicted octanol–water partition coefficient (Wildman–Crippen LogP) is 0.958. The van der Waals surface area contributed by atoms with Gasteiger partial charge in [-0.05, 0) is 23.3 Å². The first kappa shape index (κ1) is 19.1. The summed E-state index contributed by atoms with van der Waals surface area (Å²) in [6, 6.07) is 12.3. The van der Waals surface area contributed by atoms with Crippen molar-refractivity contribution in [1.29, 1.82) is 0 Å². The van der Waals surface area contributed by atoms with E-state index < -0.39 is 40.4 Å². The SMILES string of the molecule is COC(=O)[C@H]1Cc2ccccc2CN1C(=O)CN1C(=O)c2ccccc2S1(=O)=O. The normalized spacial score (nSPS) is 19.5. The molecule has 0 aliphatic carbocycles. The second-order valence-corrected chi connectivity index (χ2v) is 8.68. The van der Waals surface area contributed by atoms with Crippen LogP contribution in [0.15, 0.2) is 53.4 Å². The summed E-state index contributed by atoms with van der Waals surface area (Å²) in [6.45, 7) is -0.546. The van der Waals surface area contributed by atoms with E-state index in [9.17, 15) is 22.8 Å². The molecule has 29 heavy (non-hydrogen) atoms. The van der Waals surface area contributed by atoms with Crippen LogP contribution in [0.2, 0.25) is 0 Å². The maximum atomic E-state index is 13.0. The van der Waals surface area contributed by atoms with Gasteiger partial charge in [0, 0.05) is 13.0 Å². The summed E-state index contributed by atoms with van der Waals surface area (Å²) >= 11 is 0. The van der Waals surface area contributed by atoms with E-state index in [0.29, 0.717) is 4.31 Å². The number of hydrogen-bond acceptors (Lipinski definition) is 6. The van der Waals surface area contributed by atoms with E-state index in [2.05, 4.69) is 0 Å². The Balaban J connectivity index is 1.64. The van der Waals surface area contributed by atoms with Crippen molar-refractivity contribution < 1.29 is 27.5 Å². The van der Waals surface area contributed by atoms with Crippen molar-refractivity contribution in [2.45, 2.75) is 23.9 Å². The summed E-state index contributed by atoms with van der Waals surface area (Å²) in [6.07, 6.45) is 0.259. The van der Waals surface area contributed by atoms with E-state index in [1.54, 1.807) is 6.07 Å². The standard InChI is InChI=1S/C20H18N2O6S/c1-28-20(25)16-10-13-6-2-3-7-14(13)11-21(16)18(23)12-22-19(24)15-8-4-5-9-17(15)29(22,26)27/h2-9,16H,10-12H2,1H3/t16-/m1/s1. The first-order valence-corrected chi connectivity index (χ1v) is 10.4. The van der Waals surface area contributed by atoms with E-state index >= 15 is 0 Å². The Hall–Kier alpha value is -3.20. The Kier molecular flexibility index (Phi) is 4.62. The zero-order valence-electron chi connectivity index (χ0n) is 15.6. The zero-order chi connectivity index (χ0) is 20.8. The Morgan fingerprint density at radius 1 is 1.07 bits per heavy atom. The topological polar surface area (TPSA) is 101 Å². The lowest BCUT2D eigenvalue weighted by atomic mass is 9.94. The van der Waals surface area contributed by atoms with E-state index in [1.165, 1.54) is 30.2 Å². The minimum Gasteiger partial charge on any atom is -0.467 e. The van der Waals surface area contributed by atoms with Gasteiger partial charge in [-0.3, -0.25) is 9.59 Å². The molecule has 2 amide bonds. The monoisotopic (exact) mass is 414 g/mol. The van der Waals surface area contributed by atoms with Crippen molar-refractivity contribution in [3.63, 3.8) is 0 Å². The number of benzene rings is 2. The van der Waals surface area contributed by atoms with Crippen molar-refractivity contribution in [3.05, 3.63) is 65.2 Å². The molecule has 0 saturated carbocycles. The molecule has 0 N–H and O–H groups in total. The van der Waals surface area contributed by atoms with Gasteiger partial charge in [-0.1, -0.05) is 36.4 Å². The Morgan fingerprint density at radius 2 is 1.72 bits per heavy atom. The van der Waals surface area contributed by atoms with Crippen LogP contribution in [0.1, 0.15) is 21.5 Å². The molecule has 0 aromatic heterocycles. The summed E-state index contributed by atoms with van der Waals surface area (Å²) in [5.74, 6) is -1.98. The molecule has 9 heteroatoms. The van der Waals surface area contributed by atoms with Crippen LogP contribution in [0.5, 0.6) is 0 Å². The highest BCUT2D eigenvalue weighted by Gasteiger charge is 2.44. The van der Waals surface area contributed by atoms with E-state index in [-0.39, 0.29) is 23.4 Å². The fraction of sp³-hybridized carbons (Fsp3) is 0.250. The number of esters is 1. The number of carbonyl (C=O) groups excluding carboxylic acids is 3. The van der Waals surface area contributed by atoms with Gasteiger partial charge in [0.05, 0.1) is 12.7 Å². The van der Waals surface area contributed by atoms with E-state index in [0.717, 1.165) is 11.1 Å². The molecule has 150 valence electrons. The minimum atomic E-state index is -4.11. The Morgan fingerprint density at radius 3 is 2.41 bits per heavy atom. The molecule has 0 spiro atoms. The predicted molar refractivity (Wildman–Crippen MR) is 101 cm³/mol. The molecule has 0 radical (unpaired) electrons. The molecule has 2 aromatic carbocycles. The quantitative estimate of drug-likeness (QED) is 0.694. The maximum Gasteiger partial charge on any atom is 0.328 e. The number of fused-ring (bicyclic) bond motifs is 2. The molecule has 2 heterocycles. The average Bonchev–Trinajstić information content (AvgIpc) is 2.93. The smallest absolute Gasteiger partial charge is 0.328 e. The molecule has 1 atom stereocenters. The molecule has 2 aliphatic rings. The van der Waals surface area contributed by atoms with E-state index in [1.807, 2.05) is 24.3 Å². The fourth-order valence-electron chi connectivity index (χ4n) is 3.73. The van der Waals surface area contributed by atoms with Gasteiger partial charge in [0.25, 0.3) is 15.9 Å². The van der Waals surface area contributed by atoms with Gasteiger partial charge in [-0.2, -0.15) is 0 Å². The lowest BCUT2D eigenvalue weighted by Gasteiger charge is -2.35. The molecule has 2 aliphatic heterocycles. The van der Waals surface area contributed by atoms with Crippen molar-refractivity contribution in [2.24, 2.45) is 0 Å². The summed E-state index contributed by atoms with van der Waals surface area (Å²) in [5.41, 5.74) is 1.82. The number of ether oxygens (including phenoxy) is 1. The van der Waals surface area contributed by atoms with Gasteiger partial charge in [0.15, 0.2) is 0 Å². The first-order valence-electron chi connectivity index (χ1n) is 8.94. The molecule has 0 saturated heterocycles. The third-order valence-electron chi connectivity index (χ3n) is 5.23. The van der Waals surface area contributed by atoms with Crippen LogP contribution in [0, 0.1) is 0 Å². The highest BCUT2D eigenvalue weighted by atomic mass is 32.2. The van der Waals surface area contributed by atoms with Crippen molar-refractivity contribution in [2.75, 3.05) is 13.7 Å². The first-order chi connectivity index (χ1) is 13.8. The largest absolute Gasteiger partial charge is 0.467 e. The number of carbonyl (C=O) groups is 3. The summed E-state index contributed by atoms with van der Waals surface area (Å²) in [4.78, 5) is 39.1. The minimum absolute atomic E-state index is 0.0359. The highest BCUT2D eigenvalue weighted by Crippen LogP contribution is 2.31. The highest BCUT2D eigenvalue weighted by molar-refractivity contribution is 7.90. The molecule has 0 fully saturated rings. The van der Waals surface area contributed by atoms with Crippen LogP contribution in [-0.4, -0.2) is 55.1 Å². The molecule has 8 nitrogen and oxygen atoms in total. The molecule has 2 aromatic rings. The second-order valence-electron chi connectivity index (χ2n) is 6.85. The molecule has 4 rings (SSSR count). The number of rotatable bonds is 3. The van der Waals surface area contributed by atoms with Gasteiger partial charge in [-0.15, -0.1) is 0 Å². The van der Waals surface area contributed by atoms with Crippen molar-refractivity contribution in [3.8, 4) is 0 Å². The lowest BCUT2D eigenvalue weighted by molar-refractivity contribution is -0.153. The van der Waals surface area contributed by atoms with E-state index in [4.69, 9.17) is 4.74 Å². The number of nitrogens with zero attached hydrogens (tertiary/aromatic N) is 2. The maximum absolute atomic E-state index is 13.0. The van der Waals surface area contributed by atoms with Crippen LogP contribution in [0.3, 0.4) is 0 Å². The molecule has 0 bridgehead atoms. The number of amides is 2. The zero-order valence-corrected chi connectivity index (χ0v) is 16.4. The van der Waals surface area contributed by atoms with Gasteiger partial charge >= 0.3 is 5.97 Å². The van der Waals surface area contributed by atoms with Crippen LogP contribution in [0.25, 0.3) is 0 Å². The van der Waals surface area contributed by atoms with Crippen molar-refractivity contribution in [1.82, 2.24) is 9.21 Å². The Labute approximate surface area is 167 Å².